The first-order valence-corrected chi connectivity index (χ1v) is 9.68. The van der Waals surface area contributed by atoms with Crippen LogP contribution >= 0.6 is 22.9 Å². The Morgan fingerprint density at radius 1 is 1.25 bits per heavy atom. The van der Waals surface area contributed by atoms with E-state index in [1.54, 1.807) is 45.0 Å². The Labute approximate surface area is 169 Å². The summed E-state index contributed by atoms with van der Waals surface area (Å²) in [6, 6.07) is 6.26. The summed E-state index contributed by atoms with van der Waals surface area (Å²) in [6.07, 6.45) is -0.797. The second kappa shape index (κ2) is 8.12. The van der Waals surface area contributed by atoms with Gasteiger partial charge in [0.2, 0.25) is 0 Å². The number of aryl methyl sites for hydroxylation is 1. The third kappa shape index (κ3) is 3.93. The predicted octanol–water partition coefficient (Wildman–Crippen LogP) is 4.04. The van der Waals surface area contributed by atoms with E-state index in [-0.39, 0.29) is 12.4 Å². The number of ether oxygens (including phenoxy) is 2. The molecule has 28 heavy (non-hydrogen) atoms. The average Bonchev–Trinajstić information content (AvgIpc) is 2.99. The van der Waals surface area contributed by atoms with Gasteiger partial charge in [-0.15, -0.1) is 11.3 Å². The normalized spacial score (nSPS) is 12.0. The molecule has 2 aromatic heterocycles. The lowest BCUT2D eigenvalue weighted by Gasteiger charge is -2.12. The maximum atomic E-state index is 12.5. The first kappa shape index (κ1) is 20.0. The number of aromatic nitrogens is 2. The molecule has 0 fully saturated rings. The van der Waals surface area contributed by atoms with Crippen molar-refractivity contribution in [3.63, 3.8) is 0 Å². The van der Waals surface area contributed by atoms with Crippen molar-refractivity contribution in [2.45, 2.75) is 26.9 Å². The lowest BCUT2D eigenvalue weighted by Crippen LogP contribution is -2.17. The fraction of sp³-hybridized carbons (Fsp3) is 0.263. The number of nitrogens with one attached hydrogen (secondary N) is 1. The van der Waals surface area contributed by atoms with E-state index in [1.165, 1.54) is 0 Å². The molecule has 146 valence electrons. The summed E-state index contributed by atoms with van der Waals surface area (Å²) < 4.78 is 10.4. The molecule has 1 N–H and O–H groups in total. The van der Waals surface area contributed by atoms with E-state index in [0.29, 0.717) is 31.2 Å². The van der Waals surface area contributed by atoms with E-state index in [9.17, 15) is 14.4 Å². The number of hydrogen-bond acceptors (Lipinski definition) is 7. The Bertz CT molecular complexity index is 1100. The van der Waals surface area contributed by atoms with Crippen LogP contribution in [0.25, 0.3) is 10.2 Å². The Hall–Kier alpha value is -2.71. The van der Waals surface area contributed by atoms with Crippen LogP contribution in [0, 0.1) is 6.92 Å². The lowest BCUT2D eigenvalue weighted by atomic mass is 10.2. The highest BCUT2D eigenvalue weighted by atomic mass is 35.5. The molecule has 7 nitrogen and oxygen atoms in total. The molecule has 1 unspecified atom stereocenters. The summed E-state index contributed by atoms with van der Waals surface area (Å²) in [4.78, 5) is 44.6. The molecular formula is C19H17ClN2O5S. The van der Waals surface area contributed by atoms with Crippen LogP contribution in [0.4, 0.5) is 0 Å². The maximum absolute atomic E-state index is 12.5. The van der Waals surface area contributed by atoms with Crippen LogP contribution in [0.2, 0.25) is 5.02 Å². The Morgan fingerprint density at radius 2 is 1.93 bits per heavy atom. The number of aromatic amines is 1. The molecule has 0 bridgehead atoms. The second-order valence-electron chi connectivity index (χ2n) is 5.96. The number of rotatable bonds is 5. The first-order chi connectivity index (χ1) is 13.3. The van der Waals surface area contributed by atoms with Crippen molar-refractivity contribution in [3.8, 4) is 0 Å². The smallest absolute Gasteiger partial charge is 0.348 e. The highest BCUT2D eigenvalue weighted by Gasteiger charge is 2.22. The number of thiophene rings is 1. The average molecular weight is 421 g/mol. The minimum absolute atomic E-state index is 0.191. The quantitative estimate of drug-likeness (QED) is 0.625. The number of halogens is 1. The van der Waals surface area contributed by atoms with Gasteiger partial charge in [0.25, 0.3) is 5.56 Å². The number of esters is 2. The zero-order chi connectivity index (χ0) is 20.4. The van der Waals surface area contributed by atoms with Crippen LogP contribution in [0.5, 0.6) is 0 Å². The maximum Gasteiger partial charge on any atom is 0.348 e. The third-order valence-electron chi connectivity index (χ3n) is 4.03. The van der Waals surface area contributed by atoms with Crippen LogP contribution in [-0.4, -0.2) is 28.5 Å². The molecule has 9 heteroatoms. The molecule has 3 rings (SSSR count). The lowest BCUT2D eigenvalue weighted by molar-refractivity contribution is 0.0319. The Morgan fingerprint density at radius 3 is 2.57 bits per heavy atom. The van der Waals surface area contributed by atoms with Gasteiger partial charge in [0.15, 0.2) is 11.9 Å². The van der Waals surface area contributed by atoms with Crippen molar-refractivity contribution in [2.24, 2.45) is 0 Å². The molecule has 0 spiro atoms. The van der Waals surface area contributed by atoms with Crippen LogP contribution < -0.4 is 5.56 Å². The van der Waals surface area contributed by atoms with Gasteiger partial charge in [-0.25, -0.2) is 14.6 Å². The zero-order valence-electron chi connectivity index (χ0n) is 15.4. The summed E-state index contributed by atoms with van der Waals surface area (Å²) in [5, 5.41) is 0.833. The van der Waals surface area contributed by atoms with Gasteiger partial charge in [-0.1, -0.05) is 11.6 Å². The van der Waals surface area contributed by atoms with Crippen molar-refractivity contribution >= 4 is 45.1 Å². The molecule has 0 aliphatic rings. The van der Waals surface area contributed by atoms with Gasteiger partial charge >= 0.3 is 11.9 Å². The van der Waals surface area contributed by atoms with Crippen molar-refractivity contribution in [3.05, 3.63) is 61.5 Å². The number of fused-ring (bicyclic) bond motifs is 1. The zero-order valence-corrected chi connectivity index (χ0v) is 16.9. The summed E-state index contributed by atoms with van der Waals surface area (Å²) in [5.41, 5.74) is 0.444. The van der Waals surface area contributed by atoms with E-state index < -0.39 is 23.6 Å². The molecule has 0 amide bonds. The van der Waals surface area contributed by atoms with Gasteiger partial charge < -0.3 is 14.5 Å². The van der Waals surface area contributed by atoms with Crippen LogP contribution in [0.15, 0.2) is 29.1 Å². The second-order valence-corrected chi connectivity index (χ2v) is 7.40. The third-order valence-corrected chi connectivity index (χ3v) is 5.45. The summed E-state index contributed by atoms with van der Waals surface area (Å²) in [6.45, 7) is 5.22. The SMILES string of the molecule is CCOC(=O)c1sc2nc(C(C)OC(=O)c3ccc(Cl)cc3)[nH]c(=O)c2c1C. The number of carbonyl (C=O) groups excluding carboxylic acids is 2. The van der Waals surface area contributed by atoms with E-state index in [1.807, 2.05) is 0 Å². The highest BCUT2D eigenvalue weighted by molar-refractivity contribution is 7.20. The molecule has 0 saturated carbocycles. The van der Waals surface area contributed by atoms with Crippen molar-refractivity contribution in [1.82, 2.24) is 9.97 Å². The molecule has 2 heterocycles. The molecule has 1 atom stereocenters. The monoisotopic (exact) mass is 420 g/mol. The minimum atomic E-state index is -0.797. The fourth-order valence-corrected chi connectivity index (χ4v) is 3.82. The number of H-pyrrole nitrogens is 1. The molecule has 0 aliphatic carbocycles. The Balaban J connectivity index is 1.90. The number of hydrogen-bond donors (Lipinski definition) is 1. The van der Waals surface area contributed by atoms with Gasteiger partial charge in [0.1, 0.15) is 9.71 Å². The van der Waals surface area contributed by atoms with E-state index in [2.05, 4.69) is 9.97 Å². The molecule has 3 aromatic rings. The van der Waals surface area contributed by atoms with Crippen LogP contribution in [0.1, 0.15) is 51.4 Å². The van der Waals surface area contributed by atoms with Crippen molar-refractivity contribution in [2.75, 3.05) is 6.61 Å². The largest absolute Gasteiger partial charge is 0.462 e. The first-order valence-electron chi connectivity index (χ1n) is 8.48. The highest BCUT2D eigenvalue weighted by Crippen LogP contribution is 2.28. The van der Waals surface area contributed by atoms with Gasteiger partial charge in [-0.05, 0) is 50.6 Å². The van der Waals surface area contributed by atoms with Gasteiger partial charge in [-0.3, -0.25) is 4.79 Å². The summed E-state index contributed by atoms with van der Waals surface area (Å²) in [7, 11) is 0. The predicted molar refractivity (Wildman–Crippen MR) is 106 cm³/mol. The summed E-state index contributed by atoms with van der Waals surface area (Å²) >= 11 is 6.89. The topological polar surface area (TPSA) is 98.3 Å². The van der Waals surface area contributed by atoms with Gasteiger partial charge in [0, 0.05) is 5.02 Å². The number of benzene rings is 1. The van der Waals surface area contributed by atoms with E-state index >= 15 is 0 Å². The van der Waals surface area contributed by atoms with Crippen molar-refractivity contribution in [1.29, 1.82) is 0 Å². The summed E-state index contributed by atoms with van der Waals surface area (Å²) in [5.74, 6) is -0.871. The molecular weight excluding hydrogens is 404 g/mol. The van der Waals surface area contributed by atoms with Gasteiger partial charge in [-0.2, -0.15) is 0 Å². The van der Waals surface area contributed by atoms with Crippen LogP contribution in [-0.2, 0) is 9.47 Å². The van der Waals surface area contributed by atoms with Crippen molar-refractivity contribution < 1.29 is 19.1 Å². The van der Waals surface area contributed by atoms with E-state index in [0.717, 1.165) is 11.3 Å². The van der Waals surface area contributed by atoms with Crippen LogP contribution in [0.3, 0.4) is 0 Å². The molecule has 0 aliphatic heterocycles. The van der Waals surface area contributed by atoms with E-state index in [4.69, 9.17) is 21.1 Å². The standard InChI is InChI=1S/C19H17ClN2O5S/c1-4-26-19(25)14-9(2)13-16(23)21-15(22-17(13)28-14)10(3)27-18(24)11-5-7-12(20)8-6-11/h5-8,10H,4H2,1-3H3,(H,21,22,23). The molecule has 1 aromatic carbocycles. The van der Waals surface area contributed by atoms with Gasteiger partial charge in [0.05, 0.1) is 17.6 Å². The number of nitrogens with zero attached hydrogens (tertiary/aromatic N) is 1. The molecule has 0 radical (unpaired) electrons. The molecule has 0 saturated heterocycles. The minimum Gasteiger partial charge on any atom is -0.462 e. The Kier molecular flexibility index (Phi) is 5.81. The fourth-order valence-electron chi connectivity index (χ4n) is 2.61. The number of carbonyl (C=O) groups is 2.